The minimum atomic E-state index is -0.537. The number of anilines is 1. The number of imidazole rings is 1. The van der Waals surface area contributed by atoms with E-state index in [0.717, 1.165) is 35.9 Å². The molecule has 7 heteroatoms. The number of hydrogen-bond donors (Lipinski definition) is 1. The maximum atomic E-state index is 12.6. The first kappa shape index (κ1) is 19.0. The van der Waals surface area contributed by atoms with Crippen LogP contribution in [0.4, 0.5) is 10.7 Å². The fourth-order valence-electron chi connectivity index (χ4n) is 3.67. The third-order valence-corrected chi connectivity index (χ3v) is 4.74. The van der Waals surface area contributed by atoms with Crippen molar-refractivity contribution in [3.63, 3.8) is 0 Å². The number of fused-ring (bicyclic) bond motifs is 1. The van der Waals surface area contributed by atoms with Crippen molar-refractivity contribution in [3.05, 3.63) is 23.3 Å². The summed E-state index contributed by atoms with van der Waals surface area (Å²) in [5.41, 5.74) is 8.70. The molecule has 2 N–H and O–H groups in total. The lowest BCUT2D eigenvalue weighted by molar-refractivity contribution is 0.0238. The Balaban J connectivity index is 1.99. The Morgan fingerprint density at radius 2 is 2.11 bits per heavy atom. The largest absolute Gasteiger partial charge is 0.444 e. The molecule has 1 aliphatic rings. The predicted octanol–water partition coefficient (Wildman–Crippen LogP) is 3.76. The Hall–Kier alpha value is -2.75. The SMILES string of the molecule is Cc1cc(C#N)c2c(c1)nc(N)n2C1CCCCN(C(=O)OC(C)(C)C)C1. The van der Waals surface area contributed by atoms with E-state index in [9.17, 15) is 10.1 Å². The van der Waals surface area contributed by atoms with Gasteiger partial charge in [-0.2, -0.15) is 5.26 Å². The third kappa shape index (κ3) is 4.00. The van der Waals surface area contributed by atoms with E-state index >= 15 is 0 Å². The van der Waals surface area contributed by atoms with Gasteiger partial charge in [0.05, 0.1) is 22.6 Å². The molecule has 7 nitrogen and oxygen atoms in total. The number of amides is 1. The molecule has 0 spiro atoms. The fourth-order valence-corrected chi connectivity index (χ4v) is 3.67. The normalized spacial score (nSPS) is 18.2. The maximum absolute atomic E-state index is 12.6. The van der Waals surface area contributed by atoms with Crippen LogP contribution in [-0.4, -0.2) is 39.2 Å². The molecule has 1 fully saturated rings. The molecule has 1 unspecified atom stereocenters. The molecule has 1 amide bonds. The maximum Gasteiger partial charge on any atom is 0.410 e. The van der Waals surface area contributed by atoms with Crippen LogP contribution in [0.1, 0.15) is 57.2 Å². The predicted molar refractivity (Wildman–Crippen MR) is 104 cm³/mol. The van der Waals surface area contributed by atoms with Crippen LogP contribution in [0.25, 0.3) is 11.0 Å². The Morgan fingerprint density at radius 1 is 1.37 bits per heavy atom. The van der Waals surface area contributed by atoms with Crippen molar-refractivity contribution >= 4 is 23.1 Å². The van der Waals surface area contributed by atoms with E-state index in [2.05, 4.69) is 11.1 Å². The standard InChI is InChI=1S/C20H27N5O2/c1-13-9-14(11-21)17-16(10-13)23-18(22)25(17)15-7-5-6-8-24(12-15)19(26)27-20(2,3)4/h9-10,15H,5-8,12H2,1-4H3,(H2,22,23). The second-order valence-electron chi connectivity index (χ2n) is 8.21. The number of likely N-dealkylation sites (tertiary alicyclic amines) is 1. The average molecular weight is 369 g/mol. The Kier molecular flexibility index (Phi) is 5.01. The van der Waals surface area contributed by atoms with Crippen LogP contribution in [-0.2, 0) is 4.74 Å². The molecule has 2 aromatic rings. The number of aryl methyl sites for hydroxylation is 1. The zero-order valence-electron chi connectivity index (χ0n) is 16.5. The number of hydrogen-bond acceptors (Lipinski definition) is 5. The van der Waals surface area contributed by atoms with E-state index in [1.807, 2.05) is 44.4 Å². The summed E-state index contributed by atoms with van der Waals surface area (Å²) < 4.78 is 7.48. The van der Waals surface area contributed by atoms with Crippen LogP contribution in [0.5, 0.6) is 0 Å². The average Bonchev–Trinajstić information content (AvgIpc) is 2.75. The minimum Gasteiger partial charge on any atom is -0.444 e. The van der Waals surface area contributed by atoms with Crippen LogP contribution in [0.3, 0.4) is 0 Å². The van der Waals surface area contributed by atoms with Crippen molar-refractivity contribution in [2.24, 2.45) is 0 Å². The molecule has 27 heavy (non-hydrogen) atoms. The monoisotopic (exact) mass is 369 g/mol. The van der Waals surface area contributed by atoms with Crippen molar-refractivity contribution < 1.29 is 9.53 Å². The molecule has 0 aliphatic carbocycles. The number of nitrogen functional groups attached to an aromatic ring is 1. The van der Waals surface area contributed by atoms with Gasteiger partial charge >= 0.3 is 6.09 Å². The summed E-state index contributed by atoms with van der Waals surface area (Å²) in [6.07, 6.45) is 2.44. The molecule has 0 bridgehead atoms. The van der Waals surface area contributed by atoms with Gasteiger partial charge in [0.25, 0.3) is 0 Å². The zero-order valence-corrected chi connectivity index (χ0v) is 16.5. The highest BCUT2D eigenvalue weighted by atomic mass is 16.6. The lowest BCUT2D eigenvalue weighted by Gasteiger charge is -2.29. The minimum absolute atomic E-state index is 0.0418. The highest BCUT2D eigenvalue weighted by molar-refractivity contribution is 5.85. The second kappa shape index (κ2) is 7.10. The Morgan fingerprint density at radius 3 is 2.78 bits per heavy atom. The van der Waals surface area contributed by atoms with Crippen molar-refractivity contribution in [2.45, 2.75) is 58.6 Å². The number of rotatable bonds is 1. The summed E-state index contributed by atoms with van der Waals surface area (Å²) in [5, 5.41) is 9.60. The molecule has 3 rings (SSSR count). The lowest BCUT2D eigenvalue weighted by atomic mass is 10.1. The quantitative estimate of drug-likeness (QED) is 0.825. The van der Waals surface area contributed by atoms with E-state index in [0.29, 0.717) is 24.6 Å². The van der Waals surface area contributed by atoms with Gasteiger partial charge in [-0.15, -0.1) is 0 Å². The van der Waals surface area contributed by atoms with Crippen LogP contribution < -0.4 is 5.73 Å². The highest BCUT2D eigenvalue weighted by Gasteiger charge is 2.29. The van der Waals surface area contributed by atoms with Crippen molar-refractivity contribution in [2.75, 3.05) is 18.8 Å². The van der Waals surface area contributed by atoms with E-state index in [4.69, 9.17) is 10.5 Å². The number of aromatic nitrogens is 2. The first-order valence-corrected chi connectivity index (χ1v) is 9.35. The van der Waals surface area contributed by atoms with Crippen LogP contribution in [0, 0.1) is 18.3 Å². The smallest absolute Gasteiger partial charge is 0.410 e. The first-order chi connectivity index (χ1) is 12.7. The molecular weight excluding hydrogens is 342 g/mol. The van der Waals surface area contributed by atoms with E-state index in [1.54, 1.807) is 4.90 Å². The molecular formula is C20H27N5O2. The number of carbonyl (C=O) groups excluding carboxylic acids is 1. The molecule has 1 aromatic carbocycles. The summed E-state index contributed by atoms with van der Waals surface area (Å²) in [5.74, 6) is 0.378. The second-order valence-corrected chi connectivity index (χ2v) is 8.21. The van der Waals surface area contributed by atoms with Crippen molar-refractivity contribution in [3.8, 4) is 6.07 Å². The summed E-state index contributed by atoms with van der Waals surface area (Å²) in [6, 6.07) is 6.01. The topological polar surface area (TPSA) is 97.2 Å². The summed E-state index contributed by atoms with van der Waals surface area (Å²) >= 11 is 0. The fraction of sp³-hybridized carbons (Fsp3) is 0.550. The van der Waals surface area contributed by atoms with Gasteiger partial charge in [-0.1, -0.05) is 0 Å². The Labute approximate surface area is 159 Å². The van der Waals surface area contributed by atoms with E-state index in [1.165, 1.54) is 0 Å². The molecule has 0 radical (unpaired) electrons. The number of carbonyl (C=O) groups is 1. The van der Waals surface area contributed by atoms with Crippen LogP contribution in [0.2, 0.25) is 0 Å². The van der Waals surface area contributed by atoms with Gasteiger partial charge in [0.2, 0.25) is 5.95 Å². The molecule has 1 aromatic heterocycles. The molecule has 2 heterocycles. The number of nitrogens with two attached hydrogens (primary N) is 1. The van der Waals surface area contributed by atoms with Gasteiger partial charge < -0.3 is 19.9 Å². The summed E-state index contributed by atoms with van der Waals surface area (Å²) in [4.78, 5) is 18.8. The van der Waals surface area contributed by atoms with Crippen molar-refractivity contribution in [1.29, 1.82) is 5.26 Å². The van der Waals surface area contributed by atoms with Crippen LogP contribution in [0.15, 0.2) is 12.1 Å². The molecule has 0 saturated carbocycles. The summed E-state index contributed by atoms with van der Waals surface area (Å²) in [6.45, 7) is 8.67. The Bertz CT molecular complexity index is 904. The van der Waals surface area contributed by atoms with Gasteiger partial charge in [-0.05, 0) is 64.7 Å². The summed E-state index contributed by atoms with van der Waals surface area (Å²) in [7, 11) is 0. The van der Waals surface area contributed by atoms with E-state index < -0.39 is 5.60 Å². The molecule has 1 saturated heterocycles. The number of nitriles is 1. The lowest BCUT2D eigenvalue weighted by Crippen LogP contribution is -2.39. The first-order valence-electron chi connectivity index (χ1n) is 9.35. The van der Waals surface area contributed by atoms with Gasteiger partial charge in [0.15, 0.2) is 0 Å². The third-order valence-electron chi connectivity index (χ3n) is 4.74. The van der Waals surface area contributed by atoms with E-state index in [-0.39, 0.29) is 12.1 Å². The zero-order chi connectivity index (χ0) is 19.8. The number of nitrogens with zero attached hydrogens (tertiary/aromatic N) is 4. The number of ether oxygens (including phenoxy) is 1. The number of benzene rings is 1. The van der Waals surface area contributed by atoms with Crippen molar-refractivity contribution in [1.82, 2.24) is 14.5 Å². The van der Waals surface area contributed by atoms with Crippen LogP contribution >= 0.6 is 0 Å². The molecule has 1 atom stereocenters. The van der Waals surface area contributed by atoms with Gasteiger partial charge in [-0.25, -0.2) is 9.78 Å². The van der Waals surface area contributed by atoms with Gasteiger partial charge in [0.1, 0.15) is 11.7 Å². The molecule has 1 aliphatic heterocycles. The highest BCUT2D eigenvalue weighted by Crippen LogP contribution is 2.31. The molecule has 144 valence electrons. The van der Waals surface area contributed by atoms with Gasteiger partial charge in [0, 0.05) is 13.1 Å². The van der Waals surface area contributed by atoms with Gasteiger partial charge in [-0.3, -0.25) is 0 Å².